The molecule has 0 saturated heterocycles. The molecule has 1 amide bonds. The predicted molar refractivity (Wildman–Crippen MR) is 70.7 cm³/mol. The third kappa shape index (κ3) is 2.33. The van der Waals surface area contributed by atoms with Crippen molar-refractivity contribution in [2.24, 2.45) is 5.73 Å². The number of aromatic nitrogens is 3. The zero-order valence-electron chi connectivity index (χ0n) is 10.8. The Hall–Kier alpha value is -2.83. The molecule has 2 aromatic heterocycles. The maximum absolute atomic E-state index is 13.2. The number of carbonyl (C=O) groups is 1. The van der Waals surface area contributed by atoms with Gasteiger partial charge in [-0.3, -0.25) is 9.20 Å². The van der Waals surface area contributed by atoms with E-state index in [0.717, 1.165) is 12.1 Å². The monoisotopic (exact) mass is 288 g/mol. The molecule has 0 spiro atoms. The quantitative estimate of drug-likeness (QED) is 0.797. The van der Waals surface area contributed by atoms with Gasteiger partial charge in [0.05, 0.1) is 5.56 Å². The largest absolute Gasteiger partial charge is 0.365 e. The van der Waals surface area contributed by atoms with Gasteiger partial charge in [0, 0.05) is 12.6 Å². The van der Waals surface area contributed by atoms with Crippen LogP contribution in [0.15, 0.2) is 36.5 Å². The zero-order chi connectivity index (χ0) is 15.0. The van der Waals surface area contributed by atoms with Crippen LogP contribution in [0.3, 0.4) is 0 Å². The van der Waals surface area contributed by atoms with Crippen molar-refractivity contribution in [3.05, 3.63) is 65.1 Å². The number of primary amides is 1. The van der Waals surface area contributed by atoms with Gasteiger partial charge < -0.3 is 5.73 Å². The minimum Gasteiger partial charge on any atom is -0.365 e. The van der Waals surface area contributed by atoms with E-state index in [-0.39, 0.29) is 12.0 Å². The molecule has 1 aromatic carbocycles. The van der Waals surface area contributed by atoms with Crippen molar-refractivity contribution in [2.75, 3.05) is 0 Å². The number of benzene rings is 1. The van der Waals surface area contributed by atoms with Gasteiger partial charge in [-0.05, 0) is 29.8 Å². The number of fused-ring (bicyclic) bond motifs is 1. The Kier molecular flexibility index (Phi) is 3.09. The highest BCUT2D eigenvalue weighted by molar-refractivity contribution is 5.98. The van der Waals surface area contributed by atoms with Crippen molar-refractivity contribution < 1.29 is 13.6 Å². The number of hydrogen-bond donors (Lipinski definition) is 1. The highest BCUT2D eigenvalue weighted by Gasteiger charge is 2.13. The van der Waals surface area contributed by atoms with E-state index in [2.05, 4.69) is 10.2 Å². The van der Waals surface area contributed by atoms with Crippen molar-refractivity contribution in [2.45, 2.75) is 6.42 Å². The number of pyridine rings is 1. The van der Waals surface area contributed by atoms with Gasteiger partial charge in [-0.15, -0.1) is 10.2 Å². The topological polar surface area (TPSA) is 73.3 Å². The second-order valence-electron chi connectivity index (χ2n) is 4.52. The molecule has 0 atom stereocenters. The minimum atomic E-state index is -0.917. The first kappa shape index (κ1) is 13.2. The van der Waals surface area contributed by atoms with Crippen LogP contribution in [0.4, 0.5) is 8.78 Å². The van der Waals surface area contributed by atoms with E-state index in [1.165, 1.54) is 6.07 Å². The summed E-state index contributed by atoms with van der Waals surface area (Å²) in [5.74, 6) is -1.92. The first-order valence-electron chi connectivity index (χ1n) is 6.12. The summed E-state index contributed by atoms with van der Waals surface area (Å²) in [6.07, 6.45) is 1.93. The molecule has 2 N–H and O–H groups in total. The number of nitrogens with zero attached hydrogens (tertiary/aromatic N) is 3. The number of carbonyl (C=O) groups excluding carboxylic acids is 1. The molecule has 0 unspecified atom stereocenters. The summed E-state index contributed by atoms with van der Waals surface area (Å²) < 4.78 is 27.7. The maximum atomic E-state index is 13.2. The normalized spacial score (nSPS) is 11.0. The van der Waals surface area contributed by atoms with Crippen LogP contribution in [0.2, 0.25) is 0 Å². The first-order valence-corrected chi connectivity index (χ1v) is 6.12. The van der Waals surface area contributed by atoms with Gasteiger partial charge in [-0.2, -0.15) is 0 Å². The van der Waals surface area contributed by atoms with E-state index >= 15 is 0 Å². The first-order chi connectivity index (χ1) is 10.1. The van der Waals surface area contributed by atoms with Gasteiger partial charge in [0.2, 0.25) is 0 Å². The number of halogens is 2. The molecule has 0 radical (unpaired) electrons. The van der Waals surface area contributed by atoms with Crippen molar-refractivity contribution >= 4 is 11.6 Å². The average Bonchev–Trinajstić information content (AvgIpc) is 2.86. The molecule has 3 rings (SSSR count). The number of rotatable bonds is 3. The molecule has 0 bridgehead atoms. The van der Waals surface area contributed by atoms with Crippen molar-refractivity contribution in [3.63, 3.8) is 0 Å². The maximum Gasteiger partial charge on any atom is 0.252 e. The molecule has 2 heterocycles. The van der Waals surface area contributed by atoms with Gasteiger partial charge in [0.1, 0.15) is 5.82 Å². The Morgan fingerprint density at radius 2 is 2.00 bits per heavy atom. The number of nitrogens with two attached hydrogens (primary N) is 1. The fourth-order valence-corrected chi connectivity index (χ4v) is 2.11. The summed E-state index contributed by atoms with van der Waals surface area (Å²) in [4.78, 5) is 11.3. The highest BCUT2D eigenvalue weighted by Crippen LogP contribution is 2.15. The molecule has 0 aliphatic carbocycles. The molecule has 3 aromatic rings. The second-order valence-corrected chi connectivity index (χ2v) is 4.52. The van der Waals surface area contributed by atoms with Crippen molar-refractivity contribution in [1.82, 2.24) is 14.6 Å². The predicted octanol–water partition coefficient (Wildman–Crippen LogP) is 1.70. The van der Waals surface area contributed by atoms with Crippen LogP contribution in [0.5, 0.6) is 0 Å². The summed E-state index contributed by atoms with van der Waals surface area (Å²) in [5, 5.41) is 7.90. The zero-order valence-corrected chi connectivity index (χ0v) is 10.8. The fourth-order valence-electron chi connectivity index (χ4n) is 2.11. The van der Waals surface area contributed by atoms with Crippen LogP contribution >= 0.6 is 0 Å². The molecule has 5 nitrogen and oxygen atoms in total. The number of hydrogen-bond acceptors (Lipinski definition) is 3. The van der Waals surface area contributed by atoms with Crippen LogP contribution < -0.4 is 5.73 Å². The molecule has 0 saturated carbocycles. The summed E-state index contributed by atoms with van der Waals surface area (Å²) in [6.45, 7) is 0. The van der Waals surface area contributed by atoms with E-state index < -0.39 is 17.5 Å². The molecule has 0 aliphatic heterocycles. The van der Waals surface area contributed by atoms with E-state index in [1.54, 1.807) is 22.7 Å². The molecular weight excluding hydrogens is 278 g/mol. The van der Waals surface area contributed by atoms with Crippen LogP contribution in [0.1, 0.15) is 21.7 Å². The third-order valence-corrected chi connectivity index (χ3v) is 3.12. The van der Waals surface area contributed by atoms with Crippen LogP contribution in [0, 0.1) is 11.6 Å². The highest BCUT2D eigenvalue weighted by atomic mass is 19.2. The van der Waals surface area contributed by atoms with E-state index in [0.29, 0.717) is 17.0 Å². The summed E-state index contributed by atoms with van der Waals surface area (Å²) in [6, 6.07) is 6.83. The second kappa shape index (κ2) is 4.93. The minimum absolute atomic E-state index is 0.251. The van der Waals surface area contributed by atoms with Gasteiger partial charge in [0.15, 0.2) is 17.3 Å². The van der Waals surface area contributed by atoms with E-state index in [4.69, 9.17) is 5.73 Å². The summed E-state index contributed by atoms with van der Waals surface area (Å²) in [5.41, 5.74) is 6.40. The van der Waals surface area contributed by atoms with Crippen molar-refractivity contribution in [1.29, 1.82) is 0 Å². The van der Waals surface area contributed by atoms with E-state index in [9.17, 15) is 13.6 Å². The summed E-state index contributed by atoms with van der Waals surface area (Å²) >= 11 is 0. The Balaban J connectivity index is 2.03. The van der Waals surface area contributed by atoms with Crippen LogP contribution in [-0.4, -0.2) is 20.5 Å². The lowest BCUT2D eigenvalue weighted by Gasteiger charge is -2.03. The average molecular weight is 288 g/mol. The van der Waals surface area contributed by atoms with Gasteiger partial charge in [0.25, 0.3) is 5.91 Å². The molecule has 21 heavy (non-hydrogen) atoms. The third-order valence-electron chi connectivity index (χ3n) is 3.12. The Morgan fingerprint density at radius 3 is 2.71 bits per heavy atom. The van der Waals surface area contributed by atoms with E-state index in [1.807, 2.05) is 0 Å². The van der Waals surface area contributed by atoms with Gasteiger partial charge in [-0.1, -0.05) is 6.07 Å². The fraction of sp³-hybridized carbons (Fsp3) is 0.0714. The standard InChI is InChI=1S/C14H10F2N4O/c15-10-4-3-8(6-11(10)16)7-12-18-19-14-9(13(17)21)2-1-5-20(12)14/h1-6H,7H2,(H2,17,21). The lowest BCUT2D eigenvalue weighted by molar-refractivity contribution is 0.100. The summed E-state index contributed by atoms with van der Waals surface area (Å²) in [7, 11) is 0. The van der Waals surface area contributed by atoms with Crippen molar-refractivity contribution in [3.8, 4) is 0 Å². The Labute approximate surface area is 118 Å². The molecule has 0 fully saturated rings. The SMILES string of the molecule is NC(=O)c1cccn2c(Cc3ccc(F)c(F)c3)nnc12. The molecular formula is C14H10F2N4O. The Morgan fingerprint density at radius 1 is 1.19 bits per heavy atom. The van der Waals surface area contributed by atoms with Gasteiger partial charge >= 0.3 is 0 Å². The smallest absolute Gasteiger partial charge is 0.252 e. The molecule has 106 valence electrons. The van der Waals surface area contributed by atoms with Crippen LogP contribution in [0.25, 0.3) is 5.65 Å². The molecule has 7 heteroatoms. The lowest BCUT2D eigenvalue weighted by Crippen LogP contribution is -2.12. The lowest BCUT2D eigenvalue weighted by atomic mass is 10.1. The number of amides is 1. The van der Waals surface area contributed by atoms with Gasteiger partial charge in [-0.25, -0.2) is 8.78 Å². The molecule has 0 aliphatic rings. The Bertz CT molecular complexity index is 844. The van der Waals surface area contributed by atoms with Crippen LogP contribution in [-0.2, 0) is 6.42 Å².